The average molecular weight is 386 g/mol. The normalized spacial score (nSPS) is 19.2. The van der Waals surface area contributed by atoms with E-state index < -0.39 is 0 Å². The highest BCUT2D eigenvalue weighted by Gasteiger charge is 2.27. The van der Waals surface area contributed by atoms with Crippen molar-refractivity contribution in [3.05, 3.63) is 53.6 Å². The molecule has 5 heteroatoms. The summed E-state index contributed by atoms with van der Waals surface area (Å²) in [5, 5.41) is 0. The highest BCUT2D eigenvalue weighted by atomic mass is 32.2. The third kappa shape index (κ3) is 4.53. The van der Waals surface area contributed by atoms with Gasteiger partial charge in [-0.1, -0.05) is 18.2 Å². The van der Waals surface area contributed by atoms with Crippen LogP contribution >= 0.6 is 11.8 Å². The number of rotatable bonds is 7. The van der Waals surface area contributed by atoms with Crippen molar-refractivity contribution in [3.63, 3.8) is 0 Å². The molecule has 0 radical (unpaired) electrons. The fourth-order valence-corrected chi connectivity index (χ4v) is 4.08. The third-order valence-corrected chi connectivity index (χ3v) is 5.75. The Morgan fingerprint density at radius 3 is 2.70 bits per heavy atom. The van der Waals surface area contributed by atoms with Gasteiger partial charge in [-0.2, -0.15) is 11.8 Å². The van der Waals surface area contributed by atoms with Gasteiger partial charge in [0.05, 0.1) is 6.61 Å². The van der Waals surface area contributed by atoms with Gasteiger partial charge < -0.3 is 14.2 Å². The number of hydrogen-bond acceptors (Lipinski definition) is 5. The molecule has 0 saturated carbocycles. The highest BCUT2D eigenvalue weighted by molar-refractivity contribution is 7.98. The van der Waals surface area contributed by atoms with Crippen molar-refractivity contribution in [1.82, 2.24) is 4.90 Å². The highest BCUT2D eigenvalue weighted by Crippen LogP contribution is 2.38. The number of ether oxygens (including phenoxy) is 3. The van der Waals surface area contributed by atoms with E-state index in [4.69, 9.17) is 14.2 Å². The van der Waals surface area contributed by atoms with E-state index in [0.29, 0.717) is 19.3 Å². The molecule has 4 rings (SSSR count). The van der Waals surface area contributed by atoms with Crippen molar-refractivity contribution in [2.45, 2.75) is 25.4 Å². The molecular weight excluding hydrogens is 358 g/mol. The van der Waals surface area contributed by atoms with Crippen LogP contribution in [0.5, 0.6) is 17.2 Å². The largest absolute Gasteiger partial charge is 0.493 e. The molecule has 0 bridgehead atoms. The predicted octanol–water partition coefficient (Wildman–Crippen LogP) is 4.54. The van der Waals surface area contributed by atoms with Gasteiger partial charge in [0.25, 0.3) is 0 Å². The van der Waals surface area contributed by atoms with Crippen LogP contribution in [0.4, 0.5) is 0 Å². The summed E-state index contributed by atoms with van der Waals surface area (Å²) in [5.74, 6) is 3.73. The summed E-state index contributed by atoms with van der Waals surface area (Å²) < 4.78 is 17.2. The first-order chi connectivity index (χ1) is 13.3. The van der Waals surface area contributed by atoms with Crippen LogP contribution in [0.2, 0.25) is 0 Å². The fraction of sp³-hybridized carbons (Fsp3) is 0.455. The van der Waals surface area contributed by atoms with Crippen molar-refractivity contribution in [2.75, 3.05) is 38.4 Å². The lowest BCUT2D eigenvalue weighted by Crippen LogP contribution is -2.23. The number of fused-ring (bicyclic) bond motifs is 1. The zero-order valence-electron chi connectivity index (χ0n) is 15.9. The first-order valence-corrected chi connectivity index (χ1v) is 11.1. The Labute approximate surface area is 165 Å². The molecule has 1 fully saturated rings. The maximum Gasteiger partial charge on any atom is 0.161 e. The summed E-state index contributed by atoms with van der Waals surface area (Å²) in [6.45, 7) is 4.13. The number of benzene rings is 2. The molecular formula is C22H27NO3S. The zero-order valence-corrected chi connectivity index (χ0v) is 16.7. The molecule has 1 atom stereocenters. The SMILES string of the molecule is CSCCOc1ccc(CN2CCCC2c2ccc3c(c2)OCCO3)cc1. The van der Waals surface area contributed by atoms with Gasteiger partial charge in [-0.3, -0.25) is 4.90 Å². The molecule has 0 aliphatic carbocycles. The van der Waals surface area contributed by atoms with Crippen LogP contribution in [0.15, 0.2) is 42.5 Å². The molecule has 4 nitrogen and oxygen atoms in total. The first kappa shape index (κ1) is 18.5. The molecule has 2 aliphatic heterocycles. The number of hydrogen-bond donors (Lipinski definition) is 0. The Morgan fingerprint density at radius 2 is 1.89 bits per heavy atom. The van der Waals surface area contributed by atoms with Gasteiger partial charge in [-0.25, -0.2) is 0 Å². The van der Waals surface area contributed by atoms with Crippen molar-refractivity contribution in [1.29, 1.82) is 0 Å². The van der Waals surface area contributed by atoms with Crippen LogP contribution in [0.25, 0.3) is 0 Å². The second-order valence-corrected chi connectivity index (χ2v) is 8.00. The maximum absolute atomic E-state index is 5.77. The summed E-state index contributed by atoms with van der Waals surface area (Å²) in [6, 6.07) is 15.4. The van der Waals surface area contributed by atoms with Crippen LogP contribution in [0.3, 0.4) is 0 Å². The Morgan fingerprint density at radius 1 is 1.07 bits per heavy atom. The molecule has 2 heterocycles. The van der Waals surface area contributed by atoms with Crippen LogP contribution in [0, 0.1) is 0 Å². The second-order valence-electron chi connectivity index (χ2n) is 7.02. The van der Waals surface area contributed by atoms with Crippen LogP contribution in [-0.2, 0) is 6.54 Å². The minimum Gasteiger partial charge on any atom is -0.493 e. The Bertz CT molecular complexity index is 750. The molecule has 27 heavy (non-hydrogen) atoms. The minimum absolute atomic E-state index is 0.443. The third-order valence-electron chi connectivity index (χ3n) is 5.18. The molecule has 0 aromatic heterocycles. The zero-order chi connectivity index (χ0) is 18.5. The van der Waals surface area contributed by atoms with E-state index in [0.717, 1.165) is 42.7 Å². The molecule has 0 amide bonds. The van der Waals surface area contributed by atoms with Gasteiger partial charge in [0.2, 0.25) is 0 Å². The van der Waals surface area contributed by atoms with Gasteiger partial charge in [-0.05, 0) is 61.0 Å². The average Bonchev–Trinajstić information content (AvgIpc) is 3.17. The molecule has 2 aromatic carbocycles. The van der Waals surface area contributed by atoms with Gasteiger partial charge in [0, 0.05) is 18.3 Å². The van der Waals surface area contributed by atoms with E-state index in [1.54, 1.807) is 11.8 Å². The summed E-state index contributed by atoms with van der Waals surface area (Å²) in [6.07, 6.45) is 4.52. The van der Waals surface area contributed by atoms with Crippen molar-refractivity contribution in [2.24, 2.45) is 0 Å². The smallest absolute Gasteiger partial charge is 0.161 e. The van der Waals surface area contributed by atoms with Crippen molar-refractivity contribution < 1.29 is 14.2 Å². The predicted molar refractivity (Wildman–Crippen MR) is 110 cm³/mol. The number of likely N-dealkylation sites (tertiary alicyclic amines) is 1. The van der Waals surface area contributed by atoms with Crippen molar-refractivity contribution in [3.8, 4) is 17.2 Å². The molecule has 2 aromatic rings. The van der Waals surface area contributed by atoms with Gasteiger partial charge in [0.15, 0.2) is 11.5 Å². The lowest BCUT2D eigenvalue weighted by atomic mass is 10.0. The monoisotopic (exact) mass is 385 g/mol. The Balaban J connectivity index is 1.41. The van der Waals surface area contributed by atoms with E-state index in [2.05, 4.69) is 53.6 Å². The van der Waals surface area contributed by atoms with E-state index in [-0.39, 0.29) is 0 Å². The molecule has 2 aliphatic rings. The Hall–Kier alpha value is -1.85. The van der Waals surface area contributed by atoms with Crippen molar-refractivity contribution >= 4 is 11.8 Å². The van der Waals surface area contributed by atoms with Gasteiger partial charge in [0.1, 0.15) is 19.0 Å². The number of thioether (sulfide) groups is 1. The topological polar surface area (TPSA) is 30.9 Å². The molecule has 1 saturated heterocycles. The molecule has 0 spiro atoms. The molecule has 0 N–H and O–H groups in total. The van der Waals surface area contributed by atoms with Crippen LogP contribution in [-0.4, -0.2) is 43.3 Å². The lowest BCUT2D eigenvalue weighted by molar-refractivity contribution is 0.170. The quantitative estimate of drug-likeness (QED) is 0.653. The summed E-state index contributed by atoms with van der Waals surface area (Å²) in [5.41, 5.74) is 2.66. The summed E-state index contributed by atoms with van der Waals surface area (Å²) >= 11 is 1.80. The lowest BCUT2D eigenvalue weighted by Gasteiger charge is -2.26. The maximum atomic E-state index is 5.77. The standard InChI is InChI=1S/C22H27NO3S/c1-27-14-13-24-19-7-4-17(5-8-19)16-23-10-2-3-20(23)18-6-9-21-22(15-18)26-12-11-25-21/h4-9,15,20H,2-3,10-14,16H2,1H3. The first-order valence-electron chi connectivity index (χ1n) is 9.68. The summed E-state index contributed by atoms with van der Waals surface area (Å²) in [7, 11) is 0. The van der Waals surface area contributed by atoms with Gasteiger partial charge >= 0.3 is 0 Å². The van der Waals surface area contributed by atoms with E-state index in [1.807, 2.05) is 0 Å². The fourth-order valence-electron chi connectivity index (χ4n) is 3.83. The van der Waals surface area contributed by atoms with Gasteiger partial charge in [-0.15, -0.1) is 0 Å². The Kier molecular flexibility index (Phi) is 6.10. The molecule has 144 valence electrons. The van der Waals surface area contributed by atoms with Crippen LogP contribution < -0.4 is 14.2 Å². The number of nitrogens with zero attached hydrogens (tertiary/aromatic N) is 1. The molecule has 1 unspecified atom stereocenters. The second kappa shape index (κ2) is 8.89. The summed E-state index contributed by atoms with van der Waals surface area (Å²) in [4.78, 5) is 2.56. The van der Waals surface area contributed by atoms with E-state index in [9.17, 15) is 0 Å². The van der Waals surface area contributed by atoms with E-state index >= 15 is 0 Å². The minimum atomic E-state index is 0.443. The van der Waals surface area contributed by atoms with E-state index in [1.165, 1.54) is 24.0 Å². The van der Waals surface area contributed by atoms with Crippen LogP contribution in [0.1, 0.15) is 30.0 Å².